The van der Waals surface area contributed by atoms with Gasteiger partial charge in [0.25, 0.3) is 0 Å². The number of carbonyl (C=O) groups is 1. The van der Waals surface area contributed by atoms with Crippen LogP contribution in [0.5, 0.6) is 0 Å². The van der Waals surface area contributed by atoms with Crippen molar-refractivity contribution < 1.29 is 18.8 Å². The molecule has 0 spiro atoms. The van der Waals surface area contributed by atoms with Crippen molar-refractivity contribution >= 4 is 13.2 Å². The van der Waals surface area contributed by atoms with E-state index in [9.17, 15) is 4.79 Å². The molecule has 2 aliphatic rings. The molecule has 2 rings (SSSR count). The minimum atomic E-state index is -0.463. The Morgan fingerprint density at radius 1 is 1.25 bits per heavy atom. The first-order valence-corrected chi connectivity index (χ1v) is 8.85. The van der Waals surface area contributed by atoms with Crippen LogP contribution in [0, 0.1) is 0 Å². The normalized spacial score (nSPS) is 28.3. The Morgan fingerprint density at radius 2 is 1.79 bits per heavy atom. The molecule has 2 aliphatic heterocycles. The predicted molar refractivity (Wildman–Crippen MR) is 95.8 cm³/mol. The summed E-state index contributed by atoms with van der Waals surface area (Å²) in [6.07, 6.45) is 1.42. The highest BCUT2D eigenvalue weighted by molar-refractivity contribution is 6.51. The number of amides is 1. The van der Waals surface area contributed by atoms with Crippen molar-refractivity contribution in [1.29, 1.82) is 0 Å². The van der Waals surface area contributed by atoms with Gasteiger partial charge in [0, 0.05) is 12.6 Å². The largest absolute Gasteiger partial charge is 0.487 e. The van der Waals surface area contributed by atoms with Gasteiger partial charge in [0.1, 0.15) is 5.60 Å². The van der Waals surface area contributed by atoms with Crippen molar-refractivity contribution in [2.24, 2.45) is 0 Å². The summed E-state index contributed by atoms with van der Waals surface area (Å²) in [4.78, 5) is 14.1. The molecule has 0 N–H and O–H groups in total. The Labute approximate surface area is 146 Å². The predicted octanol–water partition coefficient (Wildman–Crippen LogP) is 3.96. The Balaban J connectivity index is 1.97. The standard InChI is InChI=1S/C18H32BNO4/c1-13-11-14(9-10-20(13)15(21)22-16(2,3)4)12-19-23-17(5,6)18(7,8)24-19/h12-13H,9-11H2,1-8H3/b14-12-. The molecule has 0 radical (unpaired) electrons. The average molecular weight is 337 g/mol. The highest BCUT2D eigenvalue weighted by atomic mass is 16.7. The molecule has 0 aromatic heterocycles. The molecule has 2 heterocycles. The number of likely N-dealkylation sites (tertiary alicyclic amines) is 1. The first kappa shape index (κ1) is 19.3. The van der Waals surface area contributed by atoms with Crippen molar-refractivity contribution in [2.75, 3.05) is 6.54 Å². The number of hydrogen-bond donors (Lipinski definition) is 0. The van der Waals surface area contributed by atoms with E-state index in [4.69, 9.17) is 14.0 Å². The minimum Gasteiger partial charge on any atom is -0.444 e. The van der Waals surface area contributed by atoms with Crippen LogP contribution in [0.2, 0.25) is 0 Å². The zero-order valence-electron chi connectivity index (χ0n) is 16.4. The van der Waals surface area contributed by atoms with Crippen LogP contribution in [0.25, 0.3) is 0 Å². The fourth-order valence-corrected chi connectivity index (χ4v) is 2.97. The van der Waals surface area contributed by atoms with E-state index >= 15 is 0 Å². The molecule has 1 atom stereocenters. The highest BCUT2D eigenvalue weighted by Gasteiger charge is 2.50. The van der Waals surface area contributed by atoms with Crippen LogP contribution >= 0.6 is 0 Å². The van der Waals surface area contributed by atoms with Gasteiger partial charge in [0.05, 0.1) is 11.2 Å². The lowest BCUT2D eigenvalue weighted by atomic mass is 9.83. The summed E-state index contributed by atoms with van der Waals surface area (Å²) in [6, 6.07) is 0.113. The van der Waals surface area contributed by atoms with E-state index in [0.717, 1.165) is 12.8 Å². The number of piperidine rings is 1. The van der Waals surface area contributed by atoms with Gasteiger partial charge in [-0.25, -0.2) is 4.79 Å². The lowest BCUT2D eigenvalue weighted by molar-refractivity contribution is 0.00578. The van der Waals surface area contributed by atoms with Crippen LogP contribution in [0.15, 0.2) is 11.5 Å². The second kappa shape index (κ2) is 6.38. The number of nitrogens with zero attached hydrogens (tertiary/aromatic N) is 1. The third kappa shape index (κ3) is 4.34. The molecule has 0 aromatic rings. The van der Waals surface area contributed by atoms with Gasteiger partial charge in [-0.05, 0) is 68.2 Å². The molecule has 6 heteroatoms. The topological polar surface area (TPSA) is 48.0 Å². The second-order valence-corrected chi connectivity index (χ2v) is 8.93. The summed E-state index contributed by atoms with van der Waals surface area (Å²) in [5.41, 5.74) is 0.172. The van der Waals surface area contributed by atoms with Crippen LogP contribution in [-0.4, -0.2) is 47.5 Å². The second-order valence-electron chi connectivity index (χ2n) is 8.93. The fraction of sp³-hybridized carbons (Fsp3) is 0.833. The van der Waals surface area contributed by atoms with Crippen molar-refractivity contribution in [3.8, 4) is 0 Å². The maximum atomic E-state index is 12.3. The van der Waals surface area contributed by atoms with Crippen LogP contribution in [0.3, 0.4) is 0 Å². The lowest BCUT2D eigenvalue weighted by Gasteiger charge is -2.36. The van der Waals surface area contributed by atoms with Crippen LogP contribution in [0.1, 0.15) is 68.2 Å². The van der Waals surface area contributed by atoms with Gasteiger partial charge in [-0.15, -0.1) is 0 Å². The van der Waals surface area contributed by atoms with Crippen molar-refractivity contribution in [2.45, 2.75) is 91.1 Å². The summed E-state index contributed by atoms with van der Waals surface area (Å²) in [6.45, 7) is 16.6. The third-order valence-corrected chi connectivity index (χ3v) is 5.03. The van der Waals surface area contributed by atoms with Crippen LogP contribution in [-0.2, 0) is 14.0 Å². The zero-order chi connectivity index (χ0) is 18.3. The van der Waals surface area contributed by atoms with Gasteiger partial charge in [0.15, 0.2) is 0 Å². The number of carbonyl (C=O) groups excluding carboxylic acids is 1. The molecule has 136 valence electrons. The lowest BCUT2D eigenvalue weighted by Crippen LogP contribution is -2.45. The Hall–Kier alpha value is -1.01. The van der Waals surface area contributed by atoms with Crippen molar-refractivity contribution in [1.82, 2.24) is 4.90 Å². The van der Waals surface area contributed by atoms with Gasteiger partial charge >= 0.3 is 13.2 Å². The molecule has 24 heavy (non-hydrogen) atoms. The van der Waals surface area contributed by atoms with E-state index in [1.807, 2.05) is 25.7 Å². The van der Waals surface area contributed by atoms with Gasteiger partial charge in [0.2, 0.25) is 0 Å². The third-order valence-electron chi connectivity index (χ3n) is 5.03. The van der Waals surface area contributed by atoms with Crippen LogP contribution in [0.4, 0.5) is 4.79 Å². The molecular weight excluding hydrogens is 305 g/mol. The summed E-state index contributed by atoms with van der Waals surface area (Å²) in [5, 5.41) is 0. The van der Waals surface area contributed by atoms with E-state index < -0.39 is 5.60 Å². The number of hydrogen-bond acceptors (Lipinski definition) is 4. The molecular formula is C18H32BNO4. The Morgan fingerprint density at radius 3 is 2.25 bits per heavy atom. The maximum Gasteiger partial charge on any atom is 0.487 e. The highest BCUT2D eigenvalue weighted by Crippen LogP contribution is 2.37. The van der Waals surface area contributed by atoms with E-state index in [0.29, 0.717) is 6.54 Å². The summed E-state index contributed by atoms with van der Waals surface area (Å²) in [7, 11) is -0.315. The maximum absolute atomic E-state index is 12.3. The summed E-state index contributed by atoms with van der Waals surface area (Å²) >= 11 is 0. The van der Waals surface area contributed by atoms with Gasteiger partial charge < -0.3 is 18.9 Å². The number of rotatable bonds is 1. The molecule has 0 aliphatic carbocycles. The van der Waals surface area contributed by atoms with Crippen molar-refractivity contribution in [3.05, 3.63) is 11.5 Å². The van der Waals surface area contributed by atoms with Gasteiger partial charge in [-0.3, -0.25) is 0 Å². The van der Waals surface area contributed by atoms with E-state index in [2.05, 4.69) is 40.6 Å². The quantitative estimate of drug-likeness (QED) is 0.680. The van der Waals surface area contributed by atoms with Gasteiger partial charge in [-0.2, -0.15) is 0 Å². The van der Waals surface area contributed by atoms with Crippen LogP contribution < -0.4 is 0 Å². The molecule has 0 aromatic carbocycles. The average Bonchev–Trinajstić information content (AvgIpc) is 2.54. The molecule has 2 saturated heterocycles. The molecule has 1 amide bonds. The smallest absolute Gasteiger partial charge is 0.444 e. The SMILES string of the molecule is CC1C/C(=C\B2OC(C)(C)C(C)(C)O2)CCN1C(=O)OC(C)(C)C. The van der Waals surface area contributed by atoms with Gasteiger partial charge in [-0.1, -0.05) is 11.5 Å². The first-order valence-electron chi connectivity index (χ1n) is 8.85. The first-order chi connectivity index (χ1) is 10.8. The monoisotopic (exact) mass is 337 g/mol. The van der Waals surface area contributed by atoms with E-state index in [1.54, 1.807) is 0 Å². The molecule has 0 saturated carbocycles. The molecule has 1 unspecified atom stereocenters. The van der Waals surface area contributed by atoms with E-state index in [-0.39, 0.29) is 30.5 Å². The minimum absolute atomic E-state index is 0.113. The Bertz CT molecular complexity index is 506. The number of ether oxygens (including phenoxy) is 1. The Kier molecular flexibility index (Phi) is 5.13. The fourth-order valence-electron chi connectivity index (χ4n) is 2.97. The van der Waals surface area contributed by atoms with E-state index in [1.165, 1.54) is 5.57 Å². The molecule has 0 bridgehead atoms. The molecule has 5 nitrogen and oxygen atoms in total. The zero-order valence-corrected chi connectivity index (χ0v) is 16.4. The molecule has 2 fully saturated rings. The van der Waals surface area contributed by atoms with Crippen molar-refractivity contribution in [3.63, 3.8) is 0 Å². The summed E-state index contributed by atoms with van der Waals surface area (Å²) < 4.78 is 17.6. The summed E-state index contributed by atoms with van der Waals surface area (Å²) in [5.74, 6) is 2.08.